The van der Waals surface area contributed by atoms with Gasteiger partial charge >= 0.3 is 0 Å². The van der Waals surface area contributed by atoms with Crippen LogP contribution in [-0.2, 0) is 15.8 Å². The number of hydrogen-bond donors (Lipinski definition) is 1. The average Bonchev–Trinajstić information content (AvgIpc) is 2.49. The van der Waals surface area contributed by atoms with E-state index < -0.39 is 10.0 Å². The van der Waals surface area contributed by atoms with Gasteiger partial charge in [0, 0.05) is 24.5 Å². The van der Waals surface area contributed by atoms with Gasteiger partial charge in [0.25, 0.3) is 0 Å². The highest BCUT2D eigenvalue weighted by atomic mass is 32.2. The molecule has 0 aliphatic carbocycles. The Balaban J connectivity index is 2.14. The van der Waals surface area contributed by atoms with E-state index in [1.807, 2.05) is 30.3 Å². The highest BCUT2D eigenvalue weighted by Gasteiger charge is 2.12. The van der Waals surface area contributed by atoms with Crippen LogP contribution in [0.5, 0.6) is 0 Å². The van der Waals surface area contributed by atoms with Crippen molar-refractivity contribution in [3.63, 3.8) is 0 Å². The third-order valence-corrected chi connectivity index (χ3v) is 4.70. The number of hydrogen-bond acceptors (Lipinski definition) is 3. The molecule has 5 heteroatoms. The molecule has 2 aromatic rings. The zero-order chi connectivity index (χ0) is 16.0. The van der Waals surface area contributed by atoms with Crippen LogP contribution < -0.4 is 9.62 Å². The quantitative estimate of drug-likeness (QED) is 0.850. The minimum atomic E-state index is -3.41. The van der Waals surface area contributed by atoms with E-state index in [2.05, 4.69) is 23.5 Å². The molecular weight excluding hydrogens is 296 g/mol. The molecule has 0 fully saturated rings. The highest BCUT2D eigenvalue weighted by Crippen LogP contribution is 2.18. The summed E-state index contributed by atoms with van der Waals surface area (Å²) in [5, 5.41) is 0. The van der Waals surface area contributed by atoms with Gasteiger partial charge in [-0.05, 0) is 43.7 Å². The normalized spacial score (nSPS) is 11.2. The van der Waals surface area contributed by atoms with Gasteiger partial charge in [-0.3, -0.25) is 4.72 Å². The molecule has 0 aliphatic heterocycles. The van der Waals surface area contributed by atoms with Crippen molar-refractivity contribution in [2.75, 3.05) is 22.7 Å². The van der Waals surface area contributed by atoms with Crippen LogP contribution in [0.25, 0.3) is 0 Å². The number of nitrogens with one attached hydrogen (secondary N) is 1. The summed E-state index contributed by atoms with van der Waals surface area (Å²) in [5.74, 6) is -0.0308. The van der Waals surface area contributed by atoms with E-state index in [1.165, 1.54) is 0 Å². The first-order chi connectivity index (χ1) is 10.5. The van der Waals surface area contributed by atoms with Crippen molar-refractivity contribution >= 4 is 21.4 Å². The molecule has 4 nitrogen and oxygen atoms in total. The van der Waals surface area contributed by atoms with Crippen molar-refractivity contribution in [1.82, 2.24) is 0 Å². The first-order valence-electron chi connectivity index (χ1n) is 7.43. The summed E-state index contributed by atoms with van der Waals surface area (Å²) in [4.78, 5) is 2.20. The lowest BCUT2D eigenvalue weighted by molar-refractivity contribution is 0.600. The molecule has 0 aromatic heterocycles. The van der Waals surface area contributed by atoms with Crippen LogP contribution in [0, 0.1) is 0 Å². The Hall–Kier alpha value is -2.01. The van der Waals surface area contributed by atoms with Crippen LogP contribution in [-0.4, -0.2) is 21.5 Å². The second kappa shape index (κ2) is 7.31. The fourth-order valence-corrected chi connectivity index (χ4v) is 3.56. The van der Waals surface area contributed by atoms with Crippen molar-refractivity contribution < 1.29 is 8.42 Å². The molecule has 118 valence electrons. The number of sulfonamides is 1. The van der Waals surface area contributed by atoms with Crippen LogP contribution >= 0.6 is 0 Å². The molecule has 1 N–H and O–H groups in total. The predicted octanol–water partition coefficient (Wildman–Crippen LogP) is 3.47. The van der Waals surface area contributed by atoms with Gasteiger partial charge < -0.3 is 4.90 Å². The summed E-state index contributed by atoms with van der Waals surface area (Å²) in [6.45, 7) is 5.97. The third-order valence-electron chi connectivity index (χ3n) is 3.44. The number of para-hydroxylation sites is 1. The van der Waals surface area contributed by atoms with E-state index in [0.29, 0.717) is 5.69 Å². The molecule has 0 radical (unpaired) electrons. The van der Waals surface area contributed by atoms with Crippen LogP contribution in [0.1, 0.15) is 19.4 Å². The van der Waals surface area contributed by atoms with E-state index >= 15 is 0 Å². The molecule has 2 aromatic carbocycles. The lowest BCUT2D eigenvalue weighted by Gasteiger charge is -2.21. The van der Waals surface area contributed by atoms with Gasteiger partial charge in [0.15, 0.2) is 0 Å². The molecular formula is C17H22N2O2S. The standard InChI is InChI=1S/C17H22N2O2S/c1-3-19(4-2)17-12-8-9-15(13-17)14-22(20,21)18-16-10-6-5-7-11-16/h5-13,18H,3-4,14H2,1-2H3. The zero-order valence-electron chi connectivity index (χ0n) is 13.0. The minimum Gasteiger partial charge on any atom is -0.372 e. The van der Waals surface area contributed by atoms with E-state index in [4.69, 9.17) is 0 Å². The molecule has 0 bridgehead atoms. The Bertz CT molecular complexity index is 696. The van der Waals surface area contributed by atoms with Crippen molar-refractivity contribution in [2.45, 2.75) is 19.6 Å². The van der Waals surface area contributed by atoms with Crippen LogP contribution in [0.4, 0.5) is 11.4 Å². The molecule has 22 heavy (non-hydrogen) atoms. The molecule has 0 spiro atoms. The Morgan fingerprint density at radius 1 is 0.955 bits per heavy atom. The van der Waals surface area contributed by atoms with Gasteiger partial charge in [-0.1, -0.05) is 30.3 Å². The van der Waals surface area contributed by atoms with Crippen molar-refractivity contribution in [1.29, 1.82) is 0 Å². The molecule has 0 amide bonds. The maximum Gasteiger partial charge on any atom is 0.236 e. The number of rotatable bonds is 7. The zero-order valence-corrected chi connectivity index (χ0v) is 13.8. The summed E-state index contributed by atoms with van der Waals surface area (Å²) in [7, 11) is -3.41. The highest BCUT2D eigenvalue weighted by molar-refractivity contribution is 7.91. The first kappa shape index (κ1) is 16.4. The van der Waals surface area contributed by atoms with Crippen molar-refractivity contribution in [3.05, 3.63) is 60.2 Å². The van der Waals surface area contributed by atoms with Crippen LogP contribution in [0.2, 0.25) is 0 Å². The number of anilines is 2. The summed E-state index contributed by atoms with van der Waals surface area (Å²) in [5.41, 5.74) is 2.42. The largest absolute Gasteiger partial charge is 0.372 e. The van der Waals surface area contributed by atoms with Gasteiger partial charge in [0.1, 0.15) is 0 Å². The molecule has 0 aliphatic rings. The van der Waals surface area contributed by atoms with E-state index in [9.17, 15) is 8.42 Å². The fourth-order valence-electron chi connectivity index (χ4n) is 2.37. The second-order valence-electron chi connectivity index (χ2n) is 5.07. The number of benzene rings is 2. The molecule has 0 heterocycles. The maximum absolute atomic E-state index is 12.3. The van der Waals surface area contributed by atoms with E-state index in [0.717, 1.165) is 24.3 Å². The van der Waals surface area contributed by atoms with Crippen LogP contribution in [0.15, 0.2) is 54.6 Å². The molecule has 2 rings (SSSR count). The molecule has 0 saturated carbocycles. The Morgan fingerprint density at radius 3 is 2.27 bits per heavy atom. The smallest absolute Gasteiger partial charge is 0.236 e. The van der Waals surface area contributed by atoms with Gasteiger partial charge in [-0.2, -0.15) is 0 Å². The van der Waals surface area contributed by atoms with Crippen LogP contribution in [0.3, 0.4) is 0 Å². The van der Waals surface area contributed by atoms with Crippen molar-refractivity contribution in [3.8, 4) is 0 Å². The topological polar surface area (TPSA) is 49.4 Å². The predicted molar refractivity (Wildman–Crippen MR) is 92.7 cm³/mol. The Morgan fingerprint density at radius 2 is 1.64 bits per heavy atom. The molecule has 0 saturated heterocycles. The first-order valence-corrected chi connectivity index (χ1v) is 9.08. The van der Waals surface area contributed by atoms with Gasteiger partial charge in [-0.15, -0.1) is 0 Å². The summed E-state index contributed by atoms with van der Waals surface area (Å²) < 4.78 is 27.1. The second-order valence-corrected chi connectivity index (χ2v) is 6.79. The summed E-state index contributed by atoms with van der Waals surface area (Å²) in [6, 6.07) is 16.6. The minimum absolute atomic E-state index is 0.0308. The monoisotopic (exact) mass is 318 g/mol. The lowest BCUT2D eigenvalue weighted by atomic mass is 10.2. The molecule has 0 atom stereocenters. The maximum atomic E-state index is 12.3. The average molecular weight is 318 g/mol. The number of nitrogens with zero attached hydrogens (tertiary/aromatic N) is 1. The lowest BCUT2D eigenvalue weighted by Crippen LogP contribution is -2.22. The van der Waals surface area contributed by atoms with E-state index in [-0.39, 0.29) is 5.75 Å². The summed E-state index contributed by atoms with van der Waals surface area (Å²) in [6.07, 6.45) is 0. The Kier molecular flexibility index (Phi) is 5.44. The van der Waals surface area contributed by atoms with Gasteiger partial charge in [0.2, 0.25) is 10.0 Å². The SMILES string of the molecule is CCN(CC)c1cccc(CS(=O)(=O)Nc2ccccc2)c1. The van der Waals surface area contributed by atoms with E-state index in [1.54, 1.807) is 24.3 Å². The third kappa shape index (κ3) is 4.49. The van der Waals surface area contributed by atoms with Crippen molar-refractivity contribution in [2.24, 2.45) is 0 Å². The van der Waals surface area contributed by atoms with Gasteiger partial charge in [0.05, 0.1) is 5.75 Å². The Labute approximate surface area is 132 Å². The fraction of sp³-hybridized carbons (Fsp3) is 0.294. The molecule has 0 unspecified atom stereocenters. The summed E-state index contributed by atoms with van der Waals surface area (Å²) >= 11 is 0. The van der Waals surface area contributed by atoms with Gasteiger partial charge in [-0.25, -0.2) is 8.42 Å².